The van der Waals surface area contributed by atoms with Gasteiger partial charge in [-0.25, -0.2) is 0 Å². The standard InChI is InChI=1S/C6H5O3/c7-4-1-2-5(8)6(9)3-4/h1-3,7-8H. The van der Waals surface area contributed by atoms with Crippen LogP contribution in [-0.4, -0.2) is 10.2 Å². The van der Waals surface area contributed by atoms with Crippen LogP contribution in [0, 0.1) is 0 Å². The maximum Gasteiger partial charge on any atom is 0.223 e. The molecule has 2 N–H and O–H groups in total. The van der Waals surface area contributed by atoms with E-state index in [0.717, 1.165) is 12.1 Å². The molecular formula is C6H5O3. The van der Waals surface area contributed by atoms with Gasteiger partial charge in [-0.05, 0) is 12.1 Å². The van der Waals surface area contributed by atoms with E-state index < -0.39 is 5.75 Å². The molecular weight excluding hydrogens is 120 g/mol. The summed E-state index contributed by atoms with van der Waals surface area (Å²) in [4.78, 5) is 0. The second-order valence-electron chi connectivity index (χ2n) is 1.65. The van der Waals surface area contributed by atoms with Crippen LogP contribution in [0.5, 0.6) is 17.2 Å². The quantitative estimate of drug-likeness (QED) is 0.512. The number of aromatic hydroxyl groups is 2. The van der Waals surface area contributed by atoms with E-state index in [1.165, 1.54) is 6.07 Å². The van der Waals surface area contributed by atoms with Crippen molar-refractivity contribution in [2.45, 2.75) is 0 Å². The monoisotopic (exact) mass is 125 g/mol. The molecule has 0 fully saturated rings. The number of hydrogen-bond acceptors (Lipinski definition) is 2. The minimum absolute atomic E-state index is 0.127. The van der Waals surface area contributed by atoms with Crippen molar-refractivity contribution in [1.29, 1.82) is 0 Å². The molecule has 1 aromatic rings. The summed E-state index contributed by atoms with van der Waals surface area (Å²) in [5.41, 5.74) is 0. The smallest absolute Gasteiger partial charge is 0.223 e. The van der Waals surface area contributed by atoms with Crippen LogP contribution in [0.15, 0.2) is 18.2 Å². The second-order valence-corrected chi connectivity index (χ2v) is 1.65. The average Bonchev–Trinajstić information content (AvgIpc) is 1.80. The van der Waals surface area contributed by atoms with Gasteiger partial charge in [-0.1, -0.05) is 0 Å². The Balaban J connectivity index is 3.17. The van der Waals surface area contributed by atoms with Crippen molar-refractivity contribution in [3.63, 3.8) is 0 Å². The molecule has 1 aromatic carbocycles. The molecule has 9 heavy (non-hydrogen) atoms. The van der Waals surface area contributed by atoms with Gasteiger partial charge in [-0.15, -0.1) is 0 Å². The summed E-state index contributed by atoms with van der Waals surface area (Å²) in [6.07, 6.45) is 0. The zero-order valence-electron chi connectivity index (χ0n) is 4.53. The number of benzene rings is 1. The van der Waals surface area contributed by atoms with Gasteiger partial charge in [0, 0.05) is 6.07 Å². The Labute approximate surface area is 51.8 Å². The molecule has 0 aliphatic heterocycles. The van der Waals surface area contributed by atoms with Gasteiger partial charge in [-0.3, -0.25) is 5.11 Å². The molecule has 47 valence electrons. The Morgan fingerprint density at radius 1 is 1.22 bits per heavy atom. The fourth-order valence-electron chi connectivity index (χ4n) is 0.503. The van der Waals surface area contributed by atoms with Gasteiger partial charge in [0.1, 0.15) is 5.75 Å². The summed E-state index contributed by atoms with van der Waals surface area (Å²) >= 11 is 0. The molecule has 0 aromatic heterocycles. The molecule has 0 aliphatic rings. The molecule has 0 saturated carbocycles. The molecule has 0 spiro atoms. The van der Waals surface area contributed by atoms with Crippen LogP contribution in [0.3, 0.4) is 0 Å². The normalized spacial score (nSPS) is 9.33. The second kappa shape index (κ2) is 1.85. The highest BCUT2D eigenvalue weighted by Gasteiger charge is 1.99. The lowest BCUT2D eigenvalue weighted by atomic mass is 10.3. The molecule has 3 heteroatoms. The zero-order valence-corrected chi connectivity index (χ0v) is 4.53. The van der Waals surface area contributed by atoms with Crippen molar-refractivity contribution in [3.8, 4) is 17.2 Å². The first-order chi connectivity index (χ1) is 4.20. The van der Waals surface area contributed by atoms with E-state index in [4.69, 9.17) is 10.2 Å². The van der Waals surface area contributed by atoms with Crippen LogP contribution in [0.4, 0.5) is 0 Å². The lowest BCUT2D eigenvalue weighted by molar-refractivity contribution is 0.321. The Hall–Kier alpha value is -1.38. The lowest BCUT2D eigenvalue weighted by Gasteiger charge is -1.92. The van der Waals surface area contributed by atoms with Crippen LogP contribution >= 0.6 is 0 Å². The van der Waals surface area contributed by atoms with E-state index in [9.17, 15) is 5.11 Å². The van der Waals surface area contributed by atoms with Crippen LogP contribution in [0.2, 0.25) is 0 Å². The van der Waals surface area contributed by atoms with Crippen LogP contribution in [0.1, 0.15) is 0 Å². The summed E-state index contributed by atoms with van der Waals surface area (Å²) in [6.45, 7) is 0. The van der Waals surface area contributed by atoms with Crippen molar-refractivity contribution in [1.82, 2.24) is 0 Å². The largest absolute Gasteiger partial charge is 0.508 e. The van der Waals surface area contributed by atoms with Gasteiger partial charge < -0.3 is 10.2 Å². The van der Waals surface area contributed by atoms with E-state index in [1.54, 1.807) is 0 Å². The van der Waals surface area contributed by atoms with E-state index in [2.05, 4.69) is 0 Å². The third-order valence-electron chi connectivity index (χ3n) is 0.943. The van der Waals surface area contributed by atoms with Crippen LogP contribution in [-0.2, 0) is 5.11 Å². The Kier molecular flexibility index (Phi) is 1.18. The summed E-state index contributed by atoms with van der Waals surface area (Å²) in [6, 6.07) is 3.35. The summed E-state index contributed by atoms with van der Waals surface area (Å²) in [5.74, 6) is -1.03. The first-order valence-electron chi connectivity index (χ1n) is 2.39. The highest BCUT2D eigenvalue weighted by Crippen LogP contribution is 2.28. The number of rotatable bonds is 0. The summed E-state index contributed by atoms with van der Waals surface area (Å²) < 4.78 is 0. The van der Waals surface area contributed by atoms with Crippen LogP contribution < -0.4 is 0 Å². The van der Waals surface area contributed by atoms with Crippen LogP contribution in [0.25, 0.3) is 0 Å². The maximum absolute atomic E-state index is 10.4. The molecule has 0 bridgehead atoms. The van der Waals surface area contributed by atoms with Gasteiger partial charge in [0.15, 0.2) is 5.75 Å². The maximum atomic E-state index is 10.4. The van der Waals surface area contributed by atoms with Crippen molar-refractivity contribution < 1.29 is 15.3 Å². The number of phenols is 2. The van der Waals surface area contributed by atoms with Gasteiger partial charge in [-0.2, -0.15) is 0 Å². The third-order valence-corrected chi connectivity index (χ3v) is 0.943. The fourth-order valence-corrected chi connectivity index (χ4v) is 0.503. The first kappa shape index (κ1) is 5.75. The SMILES string of the molecule is [O]c1cc(O)ccc1O. The summed E-state index contributed by atoms with van der Waals surface area (Å²) in [5, 5.41) is 27.7. The first-order valence-corrected chi connectivity index (χ1v) is 2.39. The van der Waals surface area contributed by atoms with E-state index in [0.29, 0.717) is 0 Å². The highest BCUT2D eigenvalue weighted by atomic mass is 16.3. The summed E-state index contributed by atoms with van der Waals surface area (Å²) in [7, 11) is 0. The fraction of sp³-hybridized carbons (Fsp3) is 0. The minimum atomic E-state index is -0.560. The third kappa shape index (κ3) is 1.05. The van der Waals surface area contributed by atoms with Crippen molar-refractivity contribution in [2.24, 2.45) is 0 Å². The van der Waals surface area contributed by atoms with Crippen molar-refractivity contribution in [2.75, 3.05) is 0 Å². The molecule has 0 saturated heterocycles. The van der Waals surface area contributed by atoms with Crippen molar-refractivity contribution >= 4 is 0 Å². The molecule has 0 heterocycles. The van der Waals surface area contributed by atoms with E-state index in [1.807, 2.05) is 0 Å². The Morgan fingerprint density at radius 3 is 2.33 bits per heavy atom. The predicted octanol–water partition coefficient (Wildman–Crippen LogP) is 1.24. The van der Waals surface area contributed by atoms with E-state index >= 15 is 0 Å². The molecule has 1 rings (SSSR count). The molecule has 3 nitrogen and oxygen atoms in total. The number of hydrogen-bond donors (Lipinski definition) is 2. The van der Waals surface area contributed by atoms with E-state index in [-0.39, 0.29) is 11.5 Å². The number of phenolic OH excluding ortho intramolecular Hbond substituents is 2. The Morgan fingerprint density at radius 2 is 1.89 bits per heavy atom. The molecule has 1 radical (unpaired) electrons. The van der Waals surface area contributed by atoms with Gasteiger partial charge in [0.2, 0.25) is 5.75 Å². The minimum Gasteiger partial charge on any atom is -0.508 e. The Bertz CT molecular complexity index is 220. The van der Waals surface area contributed by atoms with Gasteiger partial charge in [0.25, 0.3) is 0 Å². The predicted molar refractivity (Wildman–Crippen MR) is 29.9 cm³/mol. The zero-order chi connectivity index (χ0) is 6.85. The lowest BCUT2D eigenvalue weighted by Crippen LogP contribution is -1.65. The molecule has 0 atom stereocenters. The van der Waals surface area contributed by atoms with Gasteiger partial charge in [0.05, 0.1) is 0 Å². The average molecular weight is 125 g/mol. The topological polar surface area (TPSA) is 60.4 Å². The molecule has 0 amide bonds. The molecule has 0 aliphatic carbocycles. The molecule has 0 unspecified atom stereocenters. The van der Waals surface area contributed by atoms with Gasteiger partial charge >= 0.3 is 0 Å². The van der Waals surface area contributed by atoms with Crippen molar-refractivity contribution in [3.05, 3.63) is 18.2 Å². The highest BCUT2D eigenvalue weighted by molar-refractivity contribution is 5.42.